The predicted molar refractivity (Wildman–Crippen MR) is 104 cm³/mol. The first-order chi connectivity index (χ1) is 13.2. The molecule has 0 saturated heterocycles. The van der Waals surface area contributed by atoms with Gasteiger partial charge in [-0.3, -0.25) is 9.59 Å². The number of carbonyl (C=O) groups excluding carboxylic acids is 2. The summed E-state index contributed by atoms with van der Waals surface area (Å²) in [5.74, 6) is -1.95. The molecule has 28 heavy (non-hydrogen) atoms. The molecule has 0 saturated carbocycles. The number of methoxy groups -OCH3 is 1. The topological polar surface area (TPSA) is 46.6 Å². The van der Waals surface area contributed by atoms with Crippen molar-refractivity contribution in [3.63, 3.8) is 0 Å². The van der Waals surface area contributed by atoms with Crippen LogP contribution < -0.4 is 9.64 Å². The van der Waals surface area contributed by atoms with E-state index in [-0.39, 0.29) is 34.5 Å². The molecule has 0 spiro atoms. The molecule has 0 unspecified atom stereocenters. The standard InChI is InChI=1S/C22H23F2NO3/c1-6-25-17-9-14(12(2)7-15(17)22(3,4)10-18(25)27)19-20(24)13(11-26)8-16(23)21(19)28-5/h7-9,11H,6,10H2,1-5H3. The molecule has 1 amide bonds. The largest absolute Gasteiger partial charge is 0.493 e. The monoisotopic (exact) mass is 387 g/mol. The molecule has 0 aromatic heterocycles. The fraction of sp³-hybridized carbons (Fsp3) is 0.364. The number of ether oxygens (including phenoxy) is 1. The van der Waals surface area contributed by atoms with Gasteiger partial charge < -0.3 is 9.64 Å². The lowest BCUT2D eigenvalue weighted by Gasteiger charge is -2.39. The van der Waals surface area contributed by atoms with Gasteiger partial charge in [-0.05, 0) is 42.7 Å². The highest BCUT2D eigenvalue weighted by atomic mass is 19.1. The number of halogens is 2. The Morgan fingerprint density at radius 1 is 1.25 bits per heavy atom. The van der Waals surface area contributed by atoms with E-state index in [4.69, 9.17) is 4.74 Å². The number of aldehydes is 1. The molecule has 0 bridgehead atoms. The van der Waals surface area contributed by atoms with Crippen molar-refractivity contribution in [3.05, 3.63) is 46.5 Å². The zero-order chi connectivity index (χ0) is 20.8. The quantitative estimate of drug-likeness (QED) is 0.709. The number of carbonyl (C=O) groups is 2. The van der Waals surface area contributed by atoms with Gasteiger partial charge in [-0.1, -0.05) is 19.9 Å². The first-order valence-corrected chi connectivity index (χ1v) is 9.13. The van der Waals surface area contributed by atoms with E-state index in [1.54, 1.807) is 17.9 Å². The minimum absolute atomic E-state index is 0.0185. The minimum atomic E-state index is -0.847. The van der Waals surface area contributed by atoms with Crippen LogP contribution in [0.1, 0.15) is 48.7 Å². The highest BCUT2D eigenvalue weighted by Crippen LogP contribution is 2.46. The summed E-state index contributed by atoms with van der Waals surface area (Å²) >= 11 is 0. The normalized spacial score (nSPS) is 15.4. The number of fused-ring (bicyclic) bond motifs is 1. The van der Waals surface area contributed by atoms with Crippen LogP contribution in [0.4, 0.5) is 14.5 Å². The molecule has 0 radical (unpaired) electrons. The van der Waals surface area contributed by atoms with Gasteiger partial charge in [0.05, 0.1) is 18.2 Å². The summed E-state index contributed by atoms with van der Waals surface area (Å²) in [5.41, 5.74) is 1.87. The van der Waals surface area contributed by atoms with Crippen molar-refractivity contribution in [1.82, 2.24) is 0 Å². The van der Waals surface area contributed by atoms with E-state index in [0.717, 1.165) is 11.6 Å². The lowest BCUT2D eigenvalue weighted by atomic mass is 9.75. The Hall–Kier alpha value is -2.76. The minimum Gasteiger partial charge on any atom is -0.493 e. The second-order valence-electron chi connectivity index (χ2n) is 7.67. The maximum atomic E-state index is 15.0. The van der Waals surface area contributed by atoms with Gasteiger partial charge in [-0.15, -0.1) is 0 Å². The molecule has 6 heteroatoms. The van der Waals surface area contributed by atoms with Crippen molar-refractivity contribution < 1.29 is 23.1 Å². The molecule has 0 N–H and O–H groups in total. The van der Waals surface area contributed by atoms with Crippen LogP contribution in [-0.4, -0.2) is 25.8 Å². The van der Waals surface area contributed by atoms with Crippen LogP contribution >= 0.6 is 0 Å². The number of anilines is 1. The van der Waals surface area contributed by atoms with Crippen molar-refractivity contribution in [2.24, 2.45) is 0 Å². The van der Waals surface area contributed by atoms with Crippen LogP contribution in [0, 0.1) is 18.6 Å². The Labute approximate surface area is 163 Å². The van der Waals surface area contributed by atoms with Crippen LogP contribution in [0.3, 0.4) is 0 Å². The molecule has 0 atom stereocenters. The summed E-state index contributed by atoms with van der Waals surface area (Å²) in [5, 5.41) is 0. The molecule has 0 aliphatic carbocycles. The van der Waals surface area contributed by atoms with Crippen molar-refractivity contribution >= 4 is 17.9 Å². The fourth-order valence-corrected chi connectivity index (χ4v) is 3.94. The number of hydrogen-bond acceptors (Lipinski definition) is 3. The van der Waals surface area contributed by atoms with E-state index in [9.17, 15) is 14.0 Å². The number of rotatable bonds is 4. The molecular weight excluding hydrogens is 364 g/mol. The van der Waals surface area contributed by atoms with Gasteiger partial charge in [-0.25, -0.2) is 8.78 Å². The summed E-state index contributed by atoms with van der Waals surface area (Å²) in [6.07, 6.45) is 0.652. The van der Waals surface area contributed by atoms with Gasteiger partial charge in [0.25, 0.3) is 0 Å². The first-order valence-electron chi connectivity index (χ1n) is 9.13. The Morgan fingerprint density at radius 2 is 1.93 bits per heavy atom. The van der Waals surface area contributed by atoms with E-state index >= 15 is 4.39 Å². The maximum absolute atomic E-state index is 15.0. The van der Waals surface area contributed by atoms with E-state index < -0.39 is 11.6 Å². The molecule has 1 aliphatic heterocycles. The SMILES string of the molecule is CCN1C(=O)CC(C)(C)c2cc(C)c(-c3c(F)c(C=O)cc(F)c3OC)cc21. The highest BCUT2D eigenvalue weighted by molar-refractivity contribution is 5.99. The van der Waals surface area contributed by atoms with Crippen LogP contribution in [0.5, 0.6) is 5.75 Å². The number of hydrogen-bond donors (Lipinski definition) is 0. The lowest BCUT2D eigenvalue weighted by molar-refractivity contribution is -0.120. The molecule has 3 rings (SSSR count). The van der Waals surface area contributed by atoms with E-state index in [1.165, 1.54) is 7.11 Å². The van der Waals surface area contributed by atoms with Crippen LogP contribution in [-0.2, 0) is 10.2 Å². The molecule has 1 aliphatic rings. The molecule has 148 valence electrons. The smallest absolute Gasteiger partial charge is 0.227 e. The van der Waals surface area contributed by atoms with Crippen molar-refractivity contribution in [2.75, 3.05) is 18.6 Å². The second kappa shape index (κ2) is 7.00. The Morgan fingerprint density at radius 3 is 2.50 bits per heavy atom. The predicted octanol–water partition coefficient (Wildman–Crippen LogP) is 4.80. The number of amides is 1. The van der Waals surface area contributed by atoms with Crippen molar-refractivity contribution in [1.29, 1.82) is 0 Å². The van der Waals surface area contributed by atoms with Gasteiger partial charge in [0.2, 0.25) is 5.91 Å². The van der Waals surface area contributed by atoms with Gasteiger partial charge >= 0.3 is 0 Å². The van der Waals surface area contributed by atoms with Crippen LogP contribution in [0.2, 0.25) is 0 Å². The zero-order valence-corrected chi connectivity index (χ0v) is 16.7. The summed E-state index contributed by atoms with van der Waals surface area (Å²) in [6, 6.07) is 4.43. The highest BCUT2D eigenvalue weighted by Gasteiger charge is 2.37. The van der Waals surface area contributed by atoms with Gasteiger partial charge in [0.15, 0.2) is 17.9 Å². The average molecular weight is 387 g/mol. The van der Waals surface area contributed by atoms with Gasteiger partial charge in [-0.2, -0.15) is 0 Å². The molecule has 4 nitrogen and oxygen atoms in total. The molecule has 2 aromatic carbocycles. The molecule has 1 heterocycles. The third-order valence-corrected chi connectivity index (χ3v) is 5.37. The van der Waals surface area contributed by atoms with Gasteiger partial charge in [0, 0.05) is 24.1 Å². The average Bonchev–Trinajstić information content (AvgIpc) is 2.63. The summed E-state index contributed by atoms with van der Waals surface area (Å²) in [4.78, 5) is 25.5. The Bertz CT molecular complexity index is 982. The molecule has 2 aromatic rings. The molecular formula is C22H23F2NO3. The number of aryl methyl sites for hydroxylation is 1. The Kier molecular flexibility index (Phi) is 5.00. The summed E-state index contributed by atoms with van der Waals surface area (Å²) in [7, 11) is 1.25. The van der Waals surface area contributed by atoms with Crippen molar-refractivity contribution in [3.8, 4) is 16.9 Å². The van der Waals surface area contributed by atoms with E-state index in [0.29, 0.717) is 29.8 Å². The third kappa shape index (κ3) is 2.97. The fourth-order valence-electron chi connectivity index (χ4n) is 3.94. The number of benzene rings is 2. The zero-order valence-electron chi connectivity index (χ0n) is 16.7. The summed E-state index contributed by atoms with van der Waals surface area (Å²) in [6.45, 7) is 8.11. The van der Waals surface area contributed by atoms with Crippen molar-refractivity contribution in [2.45, 2.75) is 39.5 Å². The van der Waals surface area contributed by atoms with E-state index in [1.807, 2.05) is 26.8 Å². The van der Waals surface area contributed by atoms with Gasteiger partial charge in [0.1, 0.15) is 5.82 Å². The lowest BCUT2D eigenvalue weighted by Crippen LogP contribution is -2.41. The third-order valence-electron chi connectivity index (χ3n) is 5.37. The van der Waals surface area contributed by atoms with Crippen LogP contribution in [0.15, 0.2) is 18.2 Å². The number of nitrogens with zero attached hydrogens (tertiary/aromatic N) is 1. The Balaban J connectivity index is 2.38. The van der Waals surface area contributed by atoms with E-state index in [2.05, 4.69) is 0 Å². The van der Waals surface area contributed by atoms with Crippen LogP contribution in [0.25, 0.3) is 11.1 Å². The molecule has 0 fully saturated rings. The first kappa shape index (κ1) is 20.0. The second-order valence-corrected chi connectivity index (χ2v) is 7.67. The maximum Gasteiger partial charge on any atom is 0.227 e. The summed E-state index contributed by atoms with van der Waals surface area (Å²) < 4.78 is 34.6.